The van der Waals surface area contributed by atoms with Gasteiger partial charge in [0.25, 0.3) is 5.91 Å². The van der Waals surface area contributed by atoms with Crippen molar-refractivity contribution < 1.29 is 9.53 Å². The standard InChI is InChI=1S/C10H9N3O2/c14-10-6-3-7-8(13-5-12-7)4-9(6)15-2-1-11-10/h3-5H,1-2H2,(H,11,14)(H,12,13). The summed E-state index contributed by atoms with van der Waals surface area (Å²) in [6.07, 6.45) is 1.60. The van der Waals surface area contributed by atoms with E-state index in [0.717, 1.165) is 11.0 Å². The Balaban J connectivity index is 2.26. The number of benzene rings is 1. The van der Waals surface area contributed by atoms with Gasteiger partial charge in [0.05, 0.1) is 29.5 Å². The molecule has 2 N–H and O–H groups in total. The van der Waals surface area contributed by atoms with Crippen LogP contribution < -0.4 is 10.1 Å². The fourth-order valence-corrected chi connectivity index (χ4v) is 1.68. The number of H-pyrrole nitrogens is 1. The molecule has 1 aliphatic rings. The molecule has 1 aromatic carbocycles. The highest BCUT2D eigenvalue weighted by Gasteiger charge is 2.17. The lowest BCUT2D eigenvalue weighted by atomic mass is 10.1. The maximum absolute atomic E-state index is 11.6. The summed E-state index contributed by atoms with van der Waals surface area (Å²) >= 11 is 0. The van der Waals surface area contributed by atoms with Crippen LogP contribution in [-0.2, 0) is 0 Å². The lowest BCUT2D eigenvalue weighted by Gasteiger charge is -2.04. The van der Waals surface area contributed by atoms with E-state index in [9.17, 15) is 4.79 Å². The van der Waals surface area contributed by atoms with Crippen LogP contribution in [0.15, 0.2) is 18.5 Å². The van der Waals surface area contributed by atoms with Gasteiger partial charge < -0.3 is 15.0 Å². The summed E-state index contributed by atoms with van der Waals surface area (Å²) in [5.41, 5.74) is 2.21. The first-order chi connectivity index (χ1) is 7.34. The number of amides is 1. The minimum absolute atomic E-state index is 0.0981. The first-order valence-electron chi connectivity index (χ1n) is 4.73. The number of ether oxygens (including phenoxy) is 1. The van der Waals surface area contributed by atoms with Gasteiger partial charge in [-0.3, -0.25) is 4.79 Å². The van der Waals surface area contributed by atoms with E-state index in [1.807, 2.05) is 0 Å². The first-order valence-corrected chi connectivity index (χ1v) is 4.73. The Labute approximate surface area is 85.5 Å². The molecular formula is C10H9N3O2. The molecule has 0 radical (unpaired) electrons. The van der Waals surface area contributed by atoms with E-state index < -0.39 is 0 Å². The molecule has 0 unspecified atom stereocenters. The molecule has 5 nitrogen and oxygen atoms in total. The molecule has 1 aliphatic heterocycles. The van der Waals surface area contributed by atoms with Crippen molar-refractivity contribution in [2.45, 2.75) is 0 Å². The summed E-state index contributed by atoms with van der Waals surface area (Å²) in [6.45, 7) is 1.03. The molecule has 1 amide bonds. The number of imidazole rings is 1. The van der Waals surface area contributed by atoms with E-state index in [4.69, 9.17) is 4.74 Å². The lowest BCUT2D eigenvalue weighted by Crippen LogP contribution is -2.24. The Morgan fingerprint density at radius 1 is 1.40 bits per heavy atom. The molecule has 2 heterocycles. The number of carbonyl (C=O) groups is 1. The smallest absolute Gasteiger partial charge is 0.255 e. The Hall–Kier alpha value is -2.04. The van der Waals surface area contributed by atoms with Crippen LogP contribution in [-0.4, -0.2) is 29.0 Å². The van der Waals surface area contributed by atoms with Crippen molar-refractivity contribution in [2.24, 2.45) is 0 Å². The van der Waals surface area contributed by atoms with Gasteiger partial charge in [-0.05, 0) is 6.07 Å². The highest BCUT2D eigenvalue weighted by molar-refractivity contribution is 6.00. The van der Waals surface area contributed by atoms with Crippen molar-refractivity contribution in [3.8, 4) is 5.75 Å². The molecule has 0 spiro atoms. The van der Waals surface area contributed by atoms with Crippen LogP contribution >= 0.6 is 0 Å². The minimum atomic E-state index is -0.0981. The number of hydrogen-bond donors (Lipinski definition) is 2. The van der Waals surface area contributed by atoms with Crippen molar-refractivity contribution in [3.05, 3.63) is 24.0 Å². The molecular weight excluding hydrogens is 194 g/mol. The van der Waals surface area contributed by atoms with Crippen molar-refractivity contribution in [3.63, 3.8) is 0 Å². The molecule has 5 heteroatoms. The van der Waals surface area contributed by atoms with Crippen LogP contribution in [0.4, 0.5) is 0 Å². The van der Waals surface area contributed by atoms with Gasteiger partial charge in [0, 0.05) is 6.07 Å². The number of fused-ring (bicyclic) bond motifs is 2. The van der Waals surface area contributed by atoms with E-state index in [1.54, 1.807) is 18.5 Å². The average molecular weight is 203 g/mol. The van der Waals surface area contributed by atoms with Gasteiger partial charge in [-0.2, -0.15) is 0 Å². The number of carbonyl (C=O) groups excluding carboxylic acids is 1. The summed E-state index contributed by atoms with van der Waals surface area (Å²) in [4.78, 5) is 18.7. The average Bonchev–Trinajstić information content (AvgIpc) is 2.62. The molecule has 0 fully saturated rings. The van der Waals surface area contributed by atoms with Crippen molar-refractivity contribution in [1.82, 2.24) is 15.3 Å². The van der Waals surface area contributed by atoms with E-state index in [-0.39, 0.29) is 5.91 Å². The van der Waals surface area contributed by atoms with Crippen LogP contribution in [0.2, 0.25) is 0 Å². The predicted octanol–water partition coefficient (Wildman–Crippen LogP) is 0.685. The zero-order chi connectivity index (χ0) is 10.3. The largest absolute Gasteiger partial charge is 0.491 e. The van der Waals surface area contributed by atoms with Crippen LogP contribution in [0.1, 0.15) is 10.4 Å². The third kappa shape index (κ3) is 1.24. The van der Waals surface area contributed by atoms with E-state index >= 15 is 0 Å². The Bertz CT molecular complexity index is 532. The zero-order valence-corrected chi connectivity index (χ0v) is 7.91. The van der Waals surface area contributed by atoms with Gasteiger partial charge in [-0.25, -0.2) is 4.98 Å². The molecule has 0 saturated carbocycles. The van der Waals surface area contributed by atoms with Gasteiger partial charge in [0.15, 0.2) is 0 Å². The number of hydrogen-bond acceptors (Lipinski definition) is 3. The van der Waals surface area contributed by atoms with Gasteiger partial charge in [-0.1, -0.05) is 0 Å². The number of nitrogens with zero attached hydrogens (tertiary/aromatic N) is 1. The Morgan fingerprint density at radius 3 is 3.27 bits per heavy atom. The topological polar surface area (TPSA) is 67.0 Å². The lowest BCUT2D eigenvalue weighted by molar-refractivity contribution is 0.0957. The van der Waals surface area contributed by atoms with Gasteiger partial charge >= 0.3 is 0 Å². The maximum Gasteiger partial charge on any atom is 0.255 e. The zero-order valence-electron chi connectivity index (χ0n) is 7.91. The molecule has 0 saturated heterocycles. The monoisotopic (exact) mass is 203 g/mol. The summed E-state index contributed by atoms with van der Waals surface area (Å²) < 4.78 is 5.46. The summed E-state index contributed by atoms with van der Waals surface area (Å²) in [7, 11) is 0. The Morgan fingerprint density at radius 2 is 2.33 bits per heavy atom. The summed E-state index contributed by atoms with van der Waals surface area (Å²) in [5.74, 6) is 0.503. The second-order valence-electron chi connectivity index (χ2n) is 3.37. The molecule has 0 atom stereocenters. The molecule has 15 heavy (non-hydrogen) atoms. The minimum Gasteiger partial charge on any atom is -0.491 e. The quantitative estimate of drug-likeness (QED) is 0.661. The SMILES string of the molecule is O=C1NCCOc2cc3nc[nH]c3cc21. The van der Waals surface area contributed by atoms with Crippen molar-refractivity contribution in [2.75, 3.05) is 13.2 Å². The number of rotatable bonds is 0. The van der Waals surface area contributed by atoms with Gasteiger partial charge in [0.1, 0.15) is 12.4 Å². The number of aromatic amines is 1. The van der Waals surface area contributed by atoms with Crippen LogP contribution in [0.25, 0.3) is 11.0 Å². The van der Waals surface area contributed by atoms with Gasteiger partial charge in [0.2, 0.25) is 0 Å². The van der Waals surface area contributed by atoms with Crippen LogP contribution in [0.5, 0.6) is 5.75 Å². The summed E-state index contributed by atoms with van der Waals surface area (Å²) in [5, 5.41) is 2.76. The maximum atomic E-state index is 11.6. The van der Waals surface area contributed by atoms with E-state index in [1.165, 1.54) is 0 Å². The second-order valence-corrected chi connectivity index (χ2v) is 3.37. The molecule has 76 valence electrons. The van der Waals surface area contributed by atoms with E-state index in [0.29, 0.717) is 24.5 Å². The number of nitrogens with one attached hydrogen (secondary N) is 2. The third-order valence-electron chi connectivity index (χ3n) is 2.41. The van der Waals surface area contributed by atoms with Crippen LogP contribution in [0, 0.1) is 0 Å². The fraction of sp³-hybridized carbons (Fsp3) is 0.200. The molecule has 0 aliphatic carbocycles. The Kier molecular flexibility index (Phi) is 1.65. The first kappa shape index (κ1) is 8.28. The van der Waals surface area contributed by atoms with E-state index in [2.05, 4.69) is 15.3 Å². The summed E-state index contributed by atoms with van der Waals surface area (Å²) in [6, 6.07) is 3.55. The molecule has 3 rings (SSSR count). The van der Waals surface area contributed by atoms with Crippen molar-refractivity contribution >= 4 is 16.9 Å². The normalized spacial score (nSPS) is 15.3. The van der Waals surface area contributed by atoms with Crippen LogP contribution in [0.3, 0.4) is 0 Å². The number of aromatic nitrogens is 2. The predicted molar refractivity (Wildman–Crippen MR) is 53.9 cm³/mol. The third-order valence-corrected chi connectivity index (χ3v) is 2.41. The highest BCUT2D eigenvalue weighted by atomic mass is 16.5. The van der Waals surface area contributed by atoms with Crippen molar-refractivity contribution in [1.29, 1.82) is 0 Å². The highest BCUT2D eigenvalue weighted by Crippen LogP contribution is 2.25. The second kappa shape index (κ2) is 2.98. The molecule has 2 aromatic rings. The van der Waals surface area contributed by atoms with Gasteiger partial charge in [-0.15, -0.1) is 0 Å². The molecule has 1 aromatic heterocycles. The fourth-order valence-electron chi connectivity index (χ4n) is 1.68. The molecule has 0 bridgehead atoms.